The van der Waals surface area contributed by atoms with E-state index >= 15 is 0 Å². The summed E-state index contributed by atoms with van der Waals surface area (Å²) >= 11 is 0. The Morgan fingerprint density at radius 1 is 1.00 bits per heavy atom. The molecule has 2 bridgehead atoms. The molecule has 3 heterocycles. The third kappa shape index (κ3) is 4.01. The smallest absolute Gasteiger partial charge is 0.321 e. The van der Waals surface area contributed by atoms with E-state index in [1.165, 1.54) is 12.8 Å². The van der Waals surface area contributed by atoms with Crippen molar-refractivity contribution in [1.29, 1.82) is 0 Å². The Bertz CT molecular complexity index is 660. The molecule has 4 rings (SSSR count). The minimum absolute atomic E-state index is 0.0409. The summed E-state index contributed by atoms with van der Waals surface area (Å²) in [4.78, 5) is 26.7. The summed E-state index contributed by atoms with van der Waals surface area (Å²) in [6, 6.07) is 8.56. The Kier molecular flexibility index (Phi) is 5.11. The zero-order chi connectivity index (χ0) is 17.9. The second-order valence-electron chi connectivity index (χ2n) is 7.90. The van der Waals surface area contributed by atoms with Crippen molar-refractivity contribution in [2.24, 2.45) is 5.92 Å². The number of hydrogen-bond donors (Lipinski definition) is 3. The number of nitrogens with one attached hydrogen (secondary N) is 3. The fourth-order valence-electron chi connectivity index (χ4n) is 4.62. The fourth-order valence-corrected chi connectivity index (χ4v) is 4.62. The summed E-state index contributed by atoms with van der Waals surface area (Å²) in [5.74, 6) is 0.499. The predicted octanol–water partition coefficient (Wildman–Crippen LogP) is 3.17. The van der Waals surface area contributed by atoms with E-state index < -0.39 is 0 Å². The monoisotopic (exact) mass is 356 g/mol. The summed E-state index contributed by atoms with van der Waals surface area (Å²) < 4.78 is 0. The average molecular weight is 356 g/mol. The molecule has 3 aliphatic heterocycles. The number of benzene rings is 1. The largest absolute Gasteiger partial charge is 0.325 e. The molecule has 0 radical (unpaired) electrons. The third-order valence-corrected chi connectivity index (χ3v) is 5.88. The van der Waals surface area contributed by atoms with Gasteiger partial charge in [-0.2, -0.15) is 0 Å². The van der Waals surface area contributed by atoms with E-state index in [9.17, 15) is 9.59 Å². The van der Waals surface area contributed by atoms with Crippen LogP contribution >= 0.6 is 0 Å². The maximum atomic E-state index is 12.6. The predicted molar refractivity (Wildman–Crippen MR) is 102 cm³/mol. The maximum absolute atomic E-state index is 12.6. The van der Waals surface area contributed by atoms with Gasteiger partial charge in [0, 0.05) is 31.6 Å². The molecule has 2 atom stereocenters. The van der Waals surface area contributed by atoms with Gasteiger partial charge in [0.1, 0.15) is 0 Å². The topological polar surface area (TPSA) is 73.5 Å². The highest BCUT2D eigenvalue weighted by atomic mass is 16.2. The number of likely N-dealkylation sites (tertiary alicyclic amines) is 1. The first-order valence-electron chi connectivity index (χ1n) is 9.88. The molecule has 3 amide bonds. The fraction of sp³-hybridized carbons (Fsp3) is 0.600. The molecule has 3 N–H and O–H groups in total. The molecular formula is C20H28N4O2. The molecule has 3 saturated heterocycles. The molecule has 1 aromatic carbocycles. The average Bonchev–Trinajstić information content (AvgIpc) is 3.26. The van der Waals surface area contributed by atoms with Gasteiger partial charge < -0.3 is 20.9 Å². The minimum Gasteiger partial charge on any atom is -0.325 e. The number of fused-ring (bicyclic) bond motifs is 2. The number of rotatable bonds is 4. The zero-order valence-electron chi connectivity index (χ0n) is 15.2. The summed E-state index contributed by atoms with van der Waals surface area (Å²) in [6.45, 7) is 1.61. The van der Waals surface area contributed by atoms with Crippen molar-refractivity contribution in [1.82, 2.24) is 10.2 Å². The lowest BCUT2D eigenvalue weighted by molar-refractivity contribution is -0.117. The highest BCUT2D eigenvalue weighted by Gasteiger charge is 2.34. The zero-order valence-corrected chi connectivity index (χ0v) is 15.2. The van der Waals surface area contributed by atoms with E-state index in [1.807, 2.05) is 29.2 Å². The molecule has 0 spiro atoms. The van der Waals surface area contributed by atoms with Gasteiger partial charge in [0.05, 0.1) is 11.4 Å². The molecular weight excluding hydrogens is 328 g/mol. The van der Waals surface area contributed by atoms with Crippen molar-refractivity contribution < 1.29 is 9.59 Å². The van der Waals surface area contributed by atoms with Gasteiger partial charge in [-0.15, -0.1) is 0 Å². The van der Waals surface area contributed by atoms with Crippen LogP contribution in [0.15, 0.2) is 24.3 Å². The Morgan fingerprint density at radius 2 is 1.62 bits per heavy atom. The molecule has 0 aliphatic carbocycles. The SMILES string of the molecule is O=C(CC1CC2CCC(C1)N2)Nc1ccccc1NC(=O)N1CCCC1. The van der Waals surface area contributed by atoms with Crippen molar-refractivity contribution in [2.75, 3.05) is 23.7 Å². The van der Waals surface area contributed by atoms with E-state index in [4.69, 9.17) is 0 Å². The van der Waals surface area contributed by atoms with Gasteiger partial charge in [-0.05, 0) is 56.6 Å². The molecule has 3 fully saturated rings. The molecule has 0 aromatic heterocycles. The molecule has 26 heavy (non-hydrogen) atoms. The molecule has 3 aliphatic rings. The van der Waals surface area contributed by atoms with Crippen LogP contribution in [0.25, 0.3) is 0 Å². The van der Waals surface area contributed by atoms with E-state index in [2.05, 4.69) is 16.0 Å². The first-order chi connectivity index (χ1) is 12.7. The van der Waals surface area contributed by atoms with Crippen LogP contribution in [0.4, 0.5) is 16.2 Å². The van der Waals surface area contributed by atoms with Crippen molar-refractivity contribution in [3.05, 3.63) is 24.3 Å². The number of hydrogen-bond acceptors (Lipinski definition) is 3. The van der Waals surface area contributed by atoms with E-state index in [0.717, 1.165) is 38.8 Å². The normalized spacial score (nSPS) is 27.4. The second kappa shape index (κ2) is 7.66. The maximum Gasteiger partial charge on any atom is 0.321 e. The van der Waals surface area contributed by atoms with Gasteiger partial charge >= 0.3 is 6.03 Å². The van der Waals surface area contributed by atoms with Gasteiger partial charge in [0.2, 0.25) is 5.91 Å². The van der Waals surface area contributed by atoms with Crippen LogP contribution in [0.5, 0.6) is 0 Å². The Balaban J connectivity index is 1.35. The van der Waals surface area contributed by atoms with Crippen LogP contribution in [0.2, 0.25) is 0 Å². The first-order valence-corrected chi connectivity index (χ1v) is 9.88. The van der Waals surface area contributed by atoms with Crippen LogP contribution in [-0.2, 0) is 4.79 Å². The first kappa shape index (κ1) is 17.3. The van der Waals surface area contributed by atoms with Crippen LogP contribution in [-0.4, -0.2) is 42.0 Å². The molecule has 140 valence electrons. The lowest BCUT2D eigenvalue weighted by Gasteiger charge is -2.28. The summed E-state index contributed by atoms with van der Waals surface area (Å²) in [5.41, 5.74) is 1.35. The lowest BCUT2D eigenvalue weighted by atomic mass is 9.89. The van der Waals surface area contributed by atoms with Crippen LogP contribution < -0.4 is 16.0 Å². The van der Waals surface area contributed by atoms with Crippen LogP contribution in [0.1, 0.15) is 44.9 Å². The number of piperidine rings is 1. The lowest BCUT2D eigenvalue weighted by Crippen LogP contribution is -2.39. The van der Waals surface area contributed by atoms with E-state index in [-0.39, 0.29) is 11.9 Å². The molecule has 6 heteroatoms. The van der Waals surface area contributed by atoms with E-state index in [0.29, 0.717) is 35.8 Å². The van der Waals surface area contributed by atoms with Crippen molar-refractivity contribution in [2.45, 2.75) is 57.0 Å². The van der Waals surface area contributed by atoms with Crippen LogP contribution in [0, 0.1) is 5.92 Å². The number of carbonyl (C=O) groups is 2. The second-order valence-corrected chi connectivity index (χ2v) is 7.90. The number of anilines is 2. The number of nitrogens with zero attached hydrogens (tertiary/aromatic N) is 1. The number of urea groups is 1. The van der Waals surface area contributed by atoms with Gasteiger partial charge in [0.25, 0.3) is 0 Å². The van der Waals surface area contributed by atoms with Gasteiger partial charge in [0.15, 0.2) is 0 Å². The molecule has 0 saturated carbocycles. The third-order valence-electron chi connectivity index (χ3n) is 5.88. The number of carbonyl (C=O) groups excluding carboxylic acids is 2. The standard InChI is InChI=1S/C20H28N4O2/c25-19(13-14-11-15-7-8-16(12-14)21-15)22-17-5-1-2-6-18(17)23-20(26)24-9-3-4-10-24/h1-2,5-6,14-16,21H,3-4,7-13H2,(H,22,25)(H,23,26). The van der Waals surface area contributed by atoms with Crippen molar-refractivity contribution >= 4 is 23.3 Å². The van der Waals surface area contributed by atoms with Crippen molar-refractivity contribution in [3.8, 4) is 0 Å². The van der Waals surface area contributed by atoms with E-state index in [1.54, 1.807) is 0 Å². The molecule has 1 aromatic rings. The van der Waals surface area contributed by atoms with Gasteiger partial charge in [-0.25, -0.2) is 4.79 Å². The summed E-state index contributed by atoms with van der Waals surface area (Å²) in [7, 11) is 0. The Morgan fingerprint density at radius 3 is 2.27 bits per heavy atom. The molecule has 6 nitrogen and oxygen atoms in total. The van der Waals surface area contributed by atoms with Gasteiger partial charge in [-0.3, -0.25) is 4.79 Å². The summed E-state index contributed by atoms with van der Waals surface area (Å²) in [5, 5.41) is 9.58. The highest BCUT2D eigenvalue weighted by molar-refractivity contribution is 5.99. The number of amides is 3. The minimum atomic E-state index is -0.0841. The summed E-state index contributed by atoms with van der Waals surface area (Å²) in [6.07, 6.45) is 7.36. The number of para-hydroxylation sites is 2. The molecule has 2 unspecified atom stereocenters. The van der Waals surface area contributed by atoms with Crippen LogP contribution in [0.3, 0.4) is 0 Å². The van der Waals surface area contributed by atoms with Crippen molar-refractivity contribution in [3.63, 3.8) is 0 Å². The Hall–Kier alpha value is -2.08. The Labute approximate surface area is 154 Å². The quantitative estimate of drug-likeness (QED) is 0.776. The van der Waals surface area contributed by atoms with Gasteiger partial charge in [-0.1, -0.05) is 12.1 Å². The highest BCUT2D eigenvalue weighted by Crippen LogP contribution is 2.33.